The molecule has 0 saturated carbocycles. The third-order valence-electron chi connectivity index (χ3n) is 4.73. The predicted molar refractivity (Wildman–Crippen MR) is 93.6 cm³/mol. The average Bonchev–Trinajstić information content (AvgIpc) is 2.87. The molecule has 0 amide bonds. The van der Waals surface area contributed by atoms with Crippen molar-refractivity contribution >= 4 is 17.4 Å². The third-order valence-corrected chi connectivity index (χ3v) is 4.97. The van der Waals surface area contributed by atoms with Gasteiger partial charge in [0.2, 0.25) is 0 Å². The second kappa shape index (κ2) is 6.12. The molecule has 1 aliphatic rings. The van der Waals surface area contributed by atoms with Crippen LogP contribution in [0.4, 0.5) is 0 Å². The zero-order chi connectivity index (χ0) is 16.7. The summed E-state index contributed by atoms with van der Waals surface area (Å²) in [5.41, 5.74) is 3.73. The minimum atomic E-state index is 0.226. The predicted octanol–water partition coefficient (Wildman–Crippen LogP) is 5.05. The van der Waals surface area contributed by atoms with Gasteiger partial charge >= 0.3 is 0 Å². The molecular weight excluding hydrogens is 308 g/mol. The number of hydrogen-bond acceptors (Lipinski definition) is 2. The van der Waals surface area contributed by atoms with Crippen molar-refractivity contribution in [3.8, 4) is 5.69 Å². The molecule has 0 N–H and O–H groups in total. The molecule has 2 aromatic rings. The second-order valence-electron chi connectivity index (χ2n) is 7.09. The molecule has 1 aromatic carbocycles. The van der Waals surface area contributed by atoms with Crippen LogP contribution >= 0.6 is 11.6 Å². The van der Waals surface area contributed by atoms with Crippen molar-refractivity contribution in [2.24, 2.45) is 11.8 Å². The number of rotatable bonds is 3. The highest BCUT2D eigenvalue weighted by molar-refractivity contribution is 6.30. The Balaban J connectivity index is 2.18. The van der Waals surface area contributed by atoms with Crippen molar-refractivity contribution in [1.29, 1.82) is 0 Å². The number of hydrogen-bond donors (Lipinski definition) is 0. The van der Waals surface area contributed by atoms with E-state index < -0.39 is 0 Å². The van der Waals surface area contributed by atoms with Gasteiger partial charge in [0.25, 0.3) is 0 Å². The van der Waals surface area contributed by atoms with E-state index in [-0.39, 0.29) is 11.7 Å². The van der Waals surface area contributed by atoms with E-state index in [1.54, 1.807) is 0 Å². The van der Waals surface area contributed by atoms with E-state index in [1.807, 2.05) is 28.9 Å². The Kier molecular flexibility index (Phi) is 4.33. The van der Waals surface area contributed by atoms with Gasteiger partial charge in [-0.2, -0.15) is 5.10 Å². The van der Waals surface area contributed by atoms with E-state index in [4.69, 9.17) is 16.7 Å². The molecule has 23 heavy (non-hydrogen) atoms. The molecule has 1 heterocycles. The smallest absolute Gasteiger partial charge is 0.166 e. The summed E-state index contributed by atoms with van der Waals surface area (Å²) in [6.45, 7) is 8.55. The highest BCUT2D eigenvalue weighted by Gasteiger charge is 2.34. The van der Waals surface area contributed by atoms with Crippen LogP contribution in [0.1, 0.15) is 61.8 Å². The fraction of sp³-hybridized carbons (Fsp3) is 0.474. The fourth-order valence-corrected chi connectivity index (χ4v) is 3.51. The molecule has 0 spiro atoms. The summed E-state index contributed by atoms with van der Waals surface area (Å²) in [5, 5.41) is 5.46. The lowest BCUT2D eigenvalue weighted by molar-refractivity contribution is 0.0931. The molecule has 0 aliphatic heterocycles. The van der Waals surface area contributed by atoms with E-state index in [0.717, 1.165) is 29.1 Å². The van der Waals surface area contributed by atoms with Gasteiger partial charge in [0.1, 0.15) is 0 Å². The maximum Gasteiger partial charge on any atom is 0.166 e. The summed E-state index contributed by atoms with van der Waals surface area (Å²) < 4.78 is 1.93. The Morgan fingerprint density at radius 1 is 1.22 bits per heavy atom. The molecule has 1 atom stereocenters. The lowest BCUT2D eigenvalue weighted by Crippen LogP contribution is -2.25. The molecular formula is C19H23ClN2O. The van der Waals surface area contributed by atoms with E-state index >= 15 is 0 Å². The van der Waals surface area contributed by atoms with Gasteiger partial charge in [-0.05, 0) is 42.4 Å². The van der Waals surface area contributed by atoms with E-state index in [9.17, 15) is 4.79 Å². The number of carbonyl (C=O) groups excluding carboxylic acids is 1. The first-order valence-electron chi connectivity index (χ1n) is 8.29. The van der Waals surface area contributed by atoms with Crippen LogP contribution in [-0.2, 0) is 6.42 Å². The quantitative estimate of drug-likeness (QED) is 0.789. The topological polar surface area (TPSA) is 34.9 Å². The molecule has 1 aromatic heterocycles. The molecule has 0 bridgehead atoms. The summed E-state index contributed by atoms with van der Waals surface area (Å²) in [7, 11) is 0. The zero-order valence-corrected chi connectivity index (χ0v) is 14.9. The summed E-state index contributed by atoms with van der Waals surface area (Å²) in [5.74, 6) is 1.33. The van der Waals surface area contributed by atoms with Crippen LogP contribution in [0.15, 0.2) is 24.3 Å². The van der Waals surface area contributed by atoms with Gasteiger partial charge in [-0.25, -0.2) is 4.68 Å². The van der Waals surface area contributed by atoms with Crippen LogP contribution < -0.4 is 0 Å². The second-order valence-corrected chi connectivity index (χ2v) is 7.53. The molecule has 0 radical (unpaired) electrons. The molecule has 0 fully saturated rings. The SMILES string of the molecule is CC(C)c1nn(-c2cccc(Cl)c2)c2c1C(=O)CC(C(C)C)C2. The molecule has 1 aliphatic carbocycles. The van der Waals surface area contributed by atoms with E-state index in [2.05, 4.69) is 27.7 Å². The van der Waals surface area contributed by atoms with Gasteiger partial charge < -0.3 is 0 Å². The van der Waals surface area contributed by atoms with Crippen LogP contribution in [0.5, 0.6) is 0 Å². The van der Waals surface area contributed by atoms with Crippen LogP contribution in [0.2, 0.25) is 5.02 Å². The summed E-state index contributed by atoms with van der Waals surface area (Å²) >= 11 is 6.15. The molecule has 0 saturated heterocycles. The van der Waals surface area contributed by atoms with Crippen LogP contribution in [0.25, 0.3) is 5.69 Å². The Hall–Kier alpha value is -1.61. The molecule has 122 valence electrons. The minimum Gasteiger partial charge on any atom is -0.294 e. The average molecular weight is 331 g/mol. The fourth-order valence-electron chi connectivity index (χ4n) is 3.32. The van der Waals surface area contributed by atoms with Crippen LogP contribution in [-0.4, -0.2) is 15.6 Å². The summed E-state index contributed by atoms with van der Waals surface area (Å²) in [6.07, 6.45) is 1.52. The van der Waals surface area contributed by atoms with E-state index in [0.29, 0.717) is 23.3 Å². The highest BCUT2D eigenvalue weighted by atomic mass is 35.5. The lowest BCUT2D eigenvalue weighted by atomic mass is 9.79. The maximum atomic E-state index is 12.8. The Labute approximate surface area is 142 Å². The number of Topliss-reactive ketones (excluding diaryl/α,β-unsaturated/α-hetero) is 1. The molecule has 4 heteroatoms. The van der Waals surface area contributed by atoms with Gasteiger partial charge in [-0.1, -0.05) is 45.4 Å². The van der Waals surface area contributed by atoms with Crippen molar-refractivity contribution in [3.05, 3.63) is 46.2 Å². The number of benzene rings is 1. The van der Waals surface area contributed by atoms with Gasteiger partial charge in [0.05, 0.1) is 22.6 Å². The number of nitrogens with zero attached hydrogens (tertiary/aromatic N) is 2. The van der Waals surface area contributed by atoms with Crippen molar-refractivity contribution in [2.75, 3.05) is 0 Å². The molecule has 3 rings (SSSR count). The Morgan fingerprint density at radius 3 is 2.57 bits per heavy atom. The van der Waals surface area contributed by atoms with Crippen molar-refractivity contribution < 1.29 is 4.79 Å². The zero-order valence-electron chi connectivity index (χ0n) is 14.1. The first-order chi connectivity index (χ1) is 10.9. The van der Waals surface area contributed by atoms with Crippen molar-refractivity contribution in [1.82, 2.24) is 9.78 Å². The third kappa shape index (κ3) is 2.94. The van der Waals surface area contributed by atoms with E-state index in [1.165, 1.54) is 0 Å². The summed E-state index contributed by atoms with van der Waals surface area (Å²) in [6, 6.07) is 7.67. The highest BCUT2D eigenvalue weighted by Crippen LogP contribution is 2.35. The number of carbonyl (C=O) groups is 1. The first-order valence-corrected chi connectivity index (χ1v) is 8.67. The maximum absolute atomic E-state index is 12.8. The minimum absolute atomic E-state index is 0.226. The van der Waals surface area contributed by atoms with Crippen molar-refractivity contribution in [3.63, 3.8) is 0 Å². The Bertz CT molecular complexity index is 746. The Morgan fingerprint density at radius 2 is 1.96 bits per heavy atom. The van der Waals surface area contributed by atoms with Crippen LogP contribution in [0, 0.1) is 11.8 Å². The van der Waals surface area contributed by atoms with Gasteiger partial charge in [0.15, 0.2) is 5.78 Å². The van der Waals surface area contributed by atoms with Gasteiger partial charge in [-0.15, -0.1) is 0 Å². The number of fused-ring (bicyclic) bond motifs is 1. The summed E-state index contributed by atoms with van der Waals surface area (Å²) in [4.78, 5) is 12.8. The van der Waals surface area contributed by atoms with Gasteiger partial charge in [-0.3, -0.25) is 4.79 Å². The standard InChI is InChI=1S/C19H23ClN2O/c1-11(2)13-8-16-18(17(23)9-13)19(12(3)4)21-22(16)15-7-5-6-14(20)10-15/h5-7,10-13H,8-9H2,1-4H3. The largest absolute Gasteiger partial charge is 0.294 e. The van der Waals surface area contributed by atoms with Gasteiger partial charge in [0, 0.05) is 11.4 Å². The number of halogens is 1. The number of ketones is 1. The normalized spacial score (nSPS) is 17.9. The number of aromatic nitrogens is 2. The monoisotopic (exact) mass is 330 g/mol. The lowest BCUT2D eigenvalue weighted by Gasteiger charge is -2.26. The molecule has 1 unspecified atom stereocenters. The van der Waals surface area contributed by atoms with Crippen molar-refractivity contribution in [2.45, 2.75) is 46.5 Å². The first kappa shape index (κ1) is 16.3. The molecule has 3 nitrogen and oxygen atoms in total. The van der Waals surface area contributed by atoms with Crippen LogP contribution in [0.3, 0.4) is 0 Å².